The second kappa shape index (κ2) is 6.03. The molecule has 4 nitrogen and oxygen atoms in total. The van der Waals surface area contributed by atoms with Crippen LogP contribution in [0.2, 0.25) is 0 Å². The van der Waals surface area contributed by atoms with Crippen LogP contribution in [0.3, 0.4) is 0 Å². The Hall–Kier alpha value is -1.84. The standard InChI is InChI=1S/C13H16O4/c1-2-3-6-10(12(14)15)9-7-4-5-8-11(9)13(16)17/h4-5,7-8,10H,2-3,6H2,1H3,(H,14,15)(H,16,17). The number of hydrogen-bond acceptors (Lipinski definition) is 2. The van der Waals surface area contributed by atoms with Crippen molar-refractivity contribution in [3.05, 3.63) is 35.4 Å². The first-order chi connectivity index (χ1) is 8.07. The van der Waals surface area contributed by atoms with Crippen LogP contribution in [0.5, 0.6) is 0 Å². The average molecular weight is 236 g/mol. The van der Waals surface area contributed by atoms with Gasteiger partial charge in [0.05, 0.1) is 11.5 Å². The molecule has 1 rings (SSSR count). The zero-order valence-electron chi connectivity index (χ0n) is 9.72. The van der Waals surface area contributed by atoms with Crippen molar-refractivity contribution in [3.63, 3.8) is 0 Å². The summed E-state index contributed by atoms with van der Waals surface area (Å²) in [5.74, 6) is -2.78. The van der Waals surface area contributed by atoms with Crippen molar-refractivity contribution in [1.82, 2.24) is 0 Å². The number of carbonyl (C=O) groups is 2. The van der Waals surface area contributed by atoms with Gasteiger partial charge in [0.1, 0.15) is 0 Å². The minimum absolute atomic E-state index is 0.0796. The predicted molar refractivity (Wildman–Crippen MR) is 63.3 cm³/mol. The van der Waals surface area contributed by atoms with E-state index in [-0.39, 0.29) is 5.56 Å². The highest BCUT2D eigenvalue weighted by Gasteiger charge is 2.23. The van der Waals surface area contributed by atoms with Crippen LogP contribution in [-0.4, -0.2) is 22.2 Å². The first-order valence-corrected chi connectivity index (χ1v) is 5.63. The van der Waals surface area contributed by atoms with Gasteiger partial charge in [-0.1, -0.05) is 38.0 Å². The third-order valence-electron chi connectivity index (χ3n) is 2.71. The second-order valence-electron chi connectivity index (χ2n) is 3.93. The van der Waals surface area contributed by atoms with E-state index >= 15 is 0 Å². The second-order valence-corrected chi connectivity index (χ2v) is 3.93. The molecule has 0 aliphatic rings. The number of carboxylic acid groups (broad SMARTS) is 2. The van der Waals surface area contributed by atoms with Crippen LogP contribution < -0.4 is 0 Å². The highest BCUT2D eigenvalue weighted by Crippen LogP contribution is 2.25. The molecular formula is C13H16O4. The third-order valence-corrected chi connectivity index (χ3v) is 2.71. The Morgan fingerprint density at radius 1 is 1.24 bits per heavy atom. The summed E-state index contributed by atoms with van der Waals surface area (Å²) in [5.41, 5.74) is 0.469. The van der Waals surface area contributed by atoms with Gasteiger partial charge in [-0.15, -0.1) is 0 Å². The van der Waals surface area contributed by atoms with Gasteiger partial charge in [0.15, 0.2) is 0 Å². The lowest BCUT2D eigenvalue weighted by atomic mass is 9.90. The fraction of sp³-hybridized carbons (Fsp3) is 0.385. The summed E-state index contributed by atoms with van der Waals surface area (Å²) in [4.78, 5) is 22.2. The van der Waals surface area contributed by atoms with Crippen LogP contribution in [0.4, 0.5) is 0 Å². The van der Waals surface area contributed by atoms with Gasteiger partial charge in [-0.05, 0) is 18.1 Å². The summed E-state index contributed by atoms with van der Waals surface area (Å²) in [6.07, 6.45) is 2.13. The molecule has 0 bridgehead atoms. The summed E-state index contributed by atoms with van der Waals surface area (Å²) in [6, 6.07) is 6.30. The largest absolute Gasteiger partial charge is 0.481 e. The van der Waals surface area contributed by atoms with Gasteiger partial charge >= 0.3 is 11.9 Å². The molecule has 0 radical (unpaired) electrons. The quantitative estimate of drug-likeness (QED) is 0.796. The Bertz CT molecular complexity index is 412. The van der Waals surface area contributed by atoms with Crippen molar-refractivity contribution in [3.8, 4) is 0 Å². The van der Waals surface area contributed by atoms with E-state index in [0.29, 0.717) is 12.0 Å². The molecular weight excluding hydrogens is 220 g/mol. The van der Waals surface area contributed by atoms with Gasteiger partial charge in [-0.2, -0.15) is 0 Å². The normalized spacial score (nSPS) is 12.1. The van der Waals surface area contributed by atoms with Crippen LogP contribution in [0.15, 0.2) is 24.3 Å². The fourth-order valence-corrected chi connectivity index (χ4v) is 1.82. The Labute approximate surface area is 99.9 Å². The molecule has 0 aromatic heterocycles. The first-order valence-electron chi connectivity index (χ1n) is 5.63. The van der Waals surface area contributed by atoms with Gasteiger partial charge in [-0.3, -0.25) is 4.79 Å². The van der Waals surface area contributed by atoms with Crippen molar-refractivity contribution in [2.75, 3.05) is 0 Å². The van der Waals surface area contributed by atoms with Crippen LogP contribution in [0.1, 0.15) is 48.0 Å². The molecule has 1 aromatic carbocycles. The zero-order valence-corrected chi connectivity index (χ0v) is 9.72. The minimum Gasteiger partial charge on any atom is -0.481 e. The van der Waals surface area contributed by atoms with E-state index in [1.165, 1.54) is 6.07 Å². The van der Waals surface area contributed by atoms with E-state index in [1.807, 2.05) is 6.92 Å². The molecule has 0 heterocycles. The average Bonchev–Trinajstić information content (AvgIpc) is 2.29. The van der Waals surface area contributed by atoms with Gasteiger partial charge < -0.3 is 10.2 Å². The molecule has 0 saturated carbocycles. The number of aromatic carboxylic acids is 1. The van der Waals surface area contributed by atoms with Crippen molar-refractivity contribution in [2.45, 2.75) is 32.1 Å². The summed E-state index contributed by atoms with van der Waals surface area (Å²) in [6.45, 7) is 1.97. The van der Waals surface area contributed by atoms with E-state index < -0.39 is 17.9 Å². The van der Waals surface area contributed by atoms with E-state index in [4.69, 9.17) is 10.2 Å². The van der Waals surface area contributed by atoms with Gasteiger partial charge in [0, 0.05) is 0 Å². The lowest BCUT2D eigenvalue weighted by molar-refractivity contribution is -0.139. The van der Waals surface area contributed by atoms with E-state index in [1.54, 1.807) is 18.2 Å². The van der Waals surface area contributed by atoms with Crippen LogP contribution >= 0.6 is 0 Å². The van der Waals surface area contributed by atoms with Crippen LogP contribution in [-0.2, 0) is 4.79 Å². The predicted octanol–water partition coefficient (Wildman–Crippen LogP) is 2.74. The molecule has 0 saturated heterocycles. The molecule has 0 aliphatic heterocycles. The van der Waals surface area contributed by atoms with Gasteiger partial charge in [0.2, 0.25) is 0 Å². The van der Waals surface area contributed by atoms with Crippen molar-refractivity contribution in [2.24, 2.45) is 0 Å². The van der Waals surface area contributed by atoms with E-state index in [2.05, 4.69) is 0 Å². The molecule has 0 aliphatic carbocycles. The van der Waals surface area contributed by atoms with Gasteiger partial charge in [-0.25, -0.2) is 4.79 Å². The minimum atomic E-state index is -1.08. The highest BCUT2D eigenvalue weighted by atomic mass is 16.4. The molecule has 2 N–H and O–H groups in total. The number of carboxylic acids is 2. The number of rotatable bonds is 6. The number of benzene rings is 1. The monoisotopic (exact) mass is 236 g/mol. The molecule has 0 fully saturated rings. The SMILES string of the molecule is CCCCC(C(=O)O)c1ccccc1C(=O)O. The van der Waals surface area contributed by atoms with Gasteiger partial charge in [0.25, 0.3) is 0 Å². The Morgan fingerprint density at radius 2 is 1.88 bits per heavy atom. The number of aliphatic carboxylic acids is 1. The van der Waals surface area contributed by atoms with E-state index in [0.717, 1.165) is 12.8 Å². The van der Waals surface area contributed by atoms with Crippen molar-refractivity contribution < 1.29 is 19.8 Å². The molecule has 17 heavy (non-hydrogen) atoms. The number of unbranched alkanes of at least 4 members (excludes halogenated alkanes) is 1. The lowest BCUT2D eigenvalue weighted by Gasteiger charge is -2.14. The zero-order chi connectivity index (χ0) is 12.8. The van der Waals surface area contributed by atoms with Crippen molar-refractivity contribution >= 4 is 11.9 Å². The number of hydrogen-bond donors (Lipinski definition) is 2. The summed E-state index contributed by atoms with van der Waals surface area (Å²) >= 11 is 0. The third kappa shape index (κ3) is 3.31. The van der Waals surface area contributed by atoms with E-state index in [9.17, 15) is 9.59 Å². The Morgan fingerprint density at radius 3 is 2.41 bits per heavy atom. The Balaban J connectivity index is 3.09. The molecule has 0 spiro atoms. The van der Waals surface area contributed by atoms with Crippen molar-refractivity contribution in [1.29, 1.82) is 0 Å². The topological polar surface area (TPSA) is 74.6 Å². The maximum absolute atomic E-state index is 11.2. The first kappa shape index (κ1) is 13.2. The molecule has 92 valence electrons. The molecule has 1 aromatic rings. The molecule has 4 heteroatoms. The summed E-state index contributed by atoms with van der Waals surface area (Å²) in [7, 11) is 0. The molecule has 1 unspecified atom stereocenters. The smallest absolute Gasteiger partial charge is 0.335 e. The maximum Gasteiger partial charge on any atom is 0.335 e. The van der Waals surface area contributed by atoms with Crippen LogP contribution in [0.25, 0.3) is 0 Å². The molecule has 0 amide bonds. The summed E-state index contributed by atoms with van der Waals surface area (Å²) in [5, 5.41) is 18.2. The fourth-order valence-electron chi connectivity index (χ4n) is 1.82. The highest BCUT2D eigenvalue weighted by molar-refractivity contribution is 5.92. The lowest BCUT2D eigenvalue weighted by Crippen LogP contribution is -2.15. The van der Waals surface area contributed by atoms with Crippen LogP contribution in [0, 0.1) is 0 Å². The maximum atomic E-state index is 11.2. The summed E-state index contributed by atoms with van der Waals surface area (Å²) < 4.78 is 0. The molecule has 1 atom stereocenters. The Kier molecular flexibility index (Phi) is 4.69.